The summed E-state index contributed by atoms with van der Waals surface area (Å²) in [6.45, 7) is 6.94. The molecule has 0 spiro atoms. The average Bonchev–Trinajstić information content (AvgIpc) is 3.15. The van der Waals surface area contributed by atoms with Crippen molar-refractivity contribution < 1.29 is 0 Å². The molecule has 0 atom stereocenters. The van der Waals surface area contributed by atoms with Gasteiger partial charge in [-0.2, -0.15) is 0 Å². The number of rotatable bonds is 6. The Kier molecular flexibility index (Phi) is 7.74. The third-order valence-electron chi connectivity index (χ3n) is 9.76. The average molecular weight is 632 g/mol. The van der Waals surface area contributed by atoms with E-state index in [9.17, 15) is 0 Å². The second-order valence-electron chi connectivity index (χ2n) is 13.3. The largest absolute Gasteiger partial charge is 0.279 e. The zero-order valence-electron chi connectivity index (χ0n) is 28.0. The molecule has 49 heavy (non-hydrogen) atoms. The monoisotopic (exact) mass is 631 g/mol. The van der Waals surface area contributed by atoms with E-state index in [1.165, 1.54) is 49.9 Å². The maximum atomic E-state index is 4.61. The molecule has 0 radical (unpaired) electrons. The van der Waals surface area contributed by atoms with Crippen LogP contribution in [0.1, 0.15) is 52.8 Å². The third kappa shape index (κ3) is 5.96. The van der Waals surface area contributed by atoms with Crippen molar-refractivity contribution in [3.63, 3.8) is 0 Å². The van der Waals surface area contributed by atoms with Crippen molar-refractivity contribution in [2.45, 2.75) is 26.2 Å². The molecule has 2 heterocycles. The number of hydrogen-bond donors (Lipinski definition) is 0. The summed E-state index contributed by atoms with van der Waals surface area (Å²) >= 11 is 0. The van der Waals surface area contributed by atoms with Crippen LogP contribution in [0.4, 0.5) is 17.3 Å². The summed E-state index contributed by atoms with van der Waals surface area (Å²) in [6.07, 6.45) is 12.5. The molecule has 0 amide bonds. The van der Waals surface area contributed by atoms with Gasteiger partial charge in [0.05, 0.1) is 0 Å². The van der Waals surface area contributed by atoms with E-state index in [2.05, 4.69) is 157 Å². The van der Waals surface area contributed by atoms with Crippen LogP contribution in [0.15, 0.2) is 146 Å². The van der Waals surface area contributed by atoms with Gasteiger partial charge < -0.3 is 0 Å². The molecule has 0 saturated heterocycles. The van der Waals surface area contributed by atoms with E-state index in [0.29, 0.717) is 0 Å². The number of benzene rings is 5. The second kappa shape index (κ2) is 12.5. The van der Waals surface area contributed by atoms with Gasteiger partial charge in [-0.15, -0.1) is 0 Å². The Labute approximate surface area is 288 Å². The Bertz CT molecular complexity index is 2310. The third-order valence-corrected chi connectivity index (χ3v) is 9.76. The highest BCUT2D eigenvalue weighted by atomic mass is 15.2. The van der Waals surface area contributed by atoms with Crippen molar-refractivity contribution in [2.24, 2.45) is 0 Å². The highest BCUT2D eigenvalue weighted by Crippen LogP contribution is 2.40. The highest BCUT2D eigenvalue weighted by molar-refractivity contribution is 5.90. The fourth-order valence-electron chi connectivity index (χ4n) is 6.93. The van der Waals surface area contributed by atoms with E-state index >= 15 is 0 Å². The maximum absolute atomic E-state index is 4.61. The van der Waals surface area contributed by atoms with E-state index in [-0.39, 0.29) is 5.41 Å². The first-order valence-electron chi connectivity index (χ1n) is 16.8. The lowest BCUT2D eigenvalue weighted by Crippen LogP contribution is -2.20. The Morgan fingerprint density at radius 2 is 1.27 bits per heavy atom. The zero-order chi connectivity index (χ0) is 33.4. The molecule has 5 aromatic carbocycles. The first-order chi connectivity index (χ1) is 23.9. The van der Waals surface area contributed by atoms with Gasteiger partial charge in [-0.3, -0.25) is 4.90 Å². The number of aromatic nitrogens is 2. The van der Waals surface area contributed by atoms with Gasteiger partial charge in [-0.25, -0.2) is 9.97 Å². The van der Waals surface area contributed by atoms with Crippen LogP contribution >= 0.6 is 0 Å². The lowest BCUT2D eigenvalue weighted by molar-refractivity contribution is 0.636. The normalized spacial score (nSPS) is 13.9. The van der Waals surface area contributed by atoms with Crippen molar-refractivity contribution in [1.82, 2.24) is 9.97 Å². The van der Waals surface area contributed by atoms with Crippen molar-refractivity contribution in [1.29, 1.82) is 0 Å². The Balaban J connectivity index is 1.05. The predicted molar refractivity (Wildman–Crippen MR) is 207 cm³/mol. The first kappa shape index (κ1) is 30.3. The molecule has 7 aromatic rings. The van der Waals surface area contributed by atoms with Gasteiger partial charge in [-0.1, -0.05) is 117 Å². The molecular formula is C46H37N3. The molecule has 3 nitrogen and oxygen atoms in total. The number of fused-ring (bicyclic) bond motifs is 5. The predicted octanol–water partition coefficient (Wildman–Crippen LogP) is 12.1. The lowest BCUT2D eigenvalue weighted by Gasteiger charge is -2.29. The minimum atomic E-state index is -0.0986. The molecule has 0 saturated carbocycles. The fraction of sp³-hybridized carbons (Fsp3) is 0.0870. The van der Waals surface area contributed by atoms with Crippen molar-refractivity contribution in [3.8, 4) is 11.1 Å². The van der Waals surface area contributed by atoms with E-state index in [1.807, 2.05) is 48.8 Å². The van der Waals surface area contributed by atoms with Crippen LogP contribution in [-0.2, 0) is 5.41 Å². The van der Waals surface area contributed by atoms with Crippen LogP contribution < -0.4 is 4.90 Å². The van der Waals surface area contributed by atoms with Gasteiger partial charge in [0.1, 0.15) is 11.6 Å². The van der Waals surface area contributed by atoms with Crippen molar-refractivity contribution >= 4 is 52.4 Å². The summed E-state index contributed by atoms with van der Waals surface area (Å²) in [7, 11) is 0. The molecular weight excluding hydrogens is 595 g/mol. The molecule has 0 aliphatic heterocycles. The quantitative estimate of drug-likeness (QED) is 0.171. The van der Waals surface area contributed by atoms with Crippen LogP contribution in [0.3, 0.4) is 0 Å². The molecule has 1 aliphatic rings. The minimum absolute atomic E-state index is 0.0986. The molecule has 8 rings (SSSR count). The van der Waals surface area contributed by atoms with E-state index in [0.717, 1.165) is 28.3 Å². The molecule has 236 valence electrons. The molecule has 1 aliphatic carbocycles. The highest BCUT2D eigenvalue weighted by Gasteiger charge is 2.27. The summed E-state index contributed by atoms with van der Waals surface area (Å²) in [6, 6.07) is 47.5. The Morgan fingerprint density at radius 1 is 0.571 bits per heavy atom. The SMILES string of the molecule is Cc1c2cc(-c3ccc(/C=C/c4ccc5cc(N(c6ccccn6)c6ccccn6)ccc5c4)cc3)cc1C(C)(C)c1cccc(c1)/C=C\2. The number of hydrogen-bond acceptors (Lipinski definition) is 3. The van der Waals surface area contributed by atoms with Gasteiger partial charge in [0, 0.05) is 23.5 Å². The summed E-state index contributed by atoms with van der Waals surface area (Å²) in [5.74, 6) is 1.66. The van der Waals surface area contributed by atoms with Gasteiger partial charge in [0.25, 0.3) is 0 Å². The van der Waals surface area contributed by atoms with E-state index in [4.69, 9.17) is 0 Å². The van der Waals surface area contributed by atoms with E-state index < -0.39 is 0 Å². The van der Waals surface area contributed by atoms with Crippen LogP contribution in [0.5, 0.6) is 0 Å². The Morgan fingerprint density at radius 3 is 2.00 bits per heavy atom. The molecule has 0 unspecified atom stereocenters. The second-order valence-corrected chi connectivity index (χ2v) is 13.3. The van der Waals surface area contributed by atoms with Gasteiger partial charge in [0.15, 0.2) is 0 Å². The van der Waals surface area contributed by atoms with Crippen LogP contribution in [-0.4, -0.2) is 9.97 Å². The van der Waals surface area contributed by atoms with Crippen molar-refractivity contribution in [3.05, 3.63) is 185 Å². The van der Waals surface area contributed by atoms with Gasteiger partial charge >= 0.3 is 0 Å². The maximum Gasteiger partial charge on any atom is 0.138 e. The fourth-order valence-corrected chi connectivity index (χ4v) is 6.93. The summed E-state index contributed by atoms with van der Waals surface area (Å²) in [5.41, 5.74) is 12.3. The molecule has 2 aromatic heterocycles. The topological polar surface area (TPSA) is 29.0 Å². The minimum Gasteiger partial charge on any atom is -0.279 e. The molecule has 3 heteroatoms. The zero-order valence-corrected chi connectivity index (χ0v) is 28.0. The number of nitrogens with zero attached hydrogens (tertiary/aromatic N) is 3. The van der Waals surface area contributed by atoms with E-state index in [1.54, 1.807) is 0 Å². The Hall–Kier alpha value is -6.06. The molecule has 0 fully saturated rings. The van der Waals surface area contributed by atoms with Crippen LogP contribution in [0.25, 0.3) is 46.2 Å². The van der Waals surface area contributed by atoms with Crippen LogP contribution in [0.2, 0.25) is 0 Å². The molecule has 0 N–H and O–H groups in total. The summed E-state index contributed by atoms with van der Waals surface area (Å²) in [4.78, 5) is 11.3. The van der Waals surface area contributed by atoms with Gasteiger partial charge in [-0.05, 0) is 122 Å². The number of pyridine rings is 2. The van der Waals surface area contributed by atoms with Gasteiger partial charge in [0.2, 0.25) is 0 Å². The summed E-state index contributed by atoms with van der Waals surface area (Å²) < 4.78 is 0. The lowest BCUT2D eigenvalue weighted by atomic mass is 9.74. The summed E-state index contributed by atoms with van der Waals surface area (Å²) in [5, 5.41) is 2.34. The smallest absolute Gasteiger partial charge is 0.138 e. The first-order valence-corrected chi connectivity index (χ1v) is 16.8. The standard InChI is InChI=1S/C46H37N3/c1-32-37-21-17-34-9-8-10-41(28-34)46(2,3)43(32)31-40(29-37)36-19-15-33(16-20-36)13-14-35-18-22-39-30-42(24-23-38(39)27-35)49(44-11-4-6-25-47-44)45-12-5-7-26-48-45/h4-31H,1-3H3/b14-13+,21-17-. The van der Waals surface area contributed by atoms with Crippen molar-refractivity contribution in [2.75, 3.05) is 4.90 Å². The van der Waals surface area contributed by atoms with Crippen LogP contribution in [0, 0.1) is 6.92 Å². The number of anilines is 3. The molecule has 4 bridgehead atoms.